The lowest BCUT2D eigenvalue weighted by molar-refractivity contribution is 0.390. The number of hydrogen-bond acceptors (Lipinski definition) is 5. The summed E-state index contributed by atoms with van der Waals surface area (Å²) in [6.07, 6.45) is 6.25. The van der Waals surface area contributed by atoms with Crippen molar-refractivity contribution in [3.05, 3.63) is 29.7 Å². The molecule has 2 aromatic heterocycles. The third-order valence-electron chi connectivity index (χ3n) is 4.05. The zero-order valence-corrected chi connectivity index (χ0v) is 13.7. The molecule has 2 aromatic rings. The third-order valence-corrected chi connectivity index (χ3v) is 4.05. The summed E-state index contributed by atoms with van der Waals surface area (Å²) in [6.45, 7) is 2.25. The van der Waals surface area contributed by atoms with Crippen LogP contribution in [0.4, 0.5) is 0 Å². The third kappa shape index (κ3) is 3.69. The van der Waals surface area contributed by atoms with Gasteiger partial charge in [-0.2, -0.15) is 0 Å². The normalized spacial score (nSPS) is 15.1. The molecule has 0 aliphatic carbocycles. The fourth-order valence-electron chi connectivity index (χ4n) is 2.86. The van der Waals surface area contributed by atoms with Crippen LogP contribution in [0.25, 0.3) is 0 Å². The van der Waals surface area contributed by atoms with Crippen LogP contribution in [0.15, 0.2) is 21.8 Å². The van der Waals surface area contributed by atoms with E-state index in [1.165, 1.54) is 19.3 Å². The van der Waals surface area contributed by atoms with Crippen LogP contribution in [0.1, 0.15) is 36.6 Å². The lowest BCUT2D eigenvalue weighted by Gasteiger charge is -2.20. The van der Waals surface area contributed by atoms with E-state index in [-0.39, 0.29) is 0 Å². The van der Waals surface area contributed by atoms with Crippen LogP contribution in [0.5, 0.6) is 0 Å². The molecule has 0 fully saturated rings. The summed E-state index contributed by atoms with van der Waals surface area (Å²) >= 11 is 0. The number of hydrogen-bond donors (Lipinski definition) is 1. The number of rotatable bonds is 4. The van der Waals surface area contributed by atoms with Crippen molar-refractivity contribution in [3.8, 4) is 0 Å². The quantitative estimate of drug-likeness (QED) is 0.674. The van der Waals surface area contributed by atoms with Gasteiger partial charge in [-0.05, 0) is 12.8 Å². The van der Waals surface area contributed by atoms with Gasteiger partial charge in [0.15, 0.2) is 11.8 Å². The Hall–Kier alpha value is -2.38. The molecule has 1 aliphatic rings. The Morgan fingerprint density at radius 2 is 2.30 bits per heavy atom. The summed E-state index contributed by atoms with van der Waals surface area (Å²) in [5, 5.41) is 15.9. The Morgan fingerprint density at radius 3 is 3.09 bits per heavy atom. The Balaban J connectivity index is 1.61. The minimum absolute atomic E-state index is 0.614. The molecule has 0 amide bonds. The first kappa shape index (κ1) is 15.5. The van der Waals surface area contributed by atoms with Gasteiger partial charge in [0.05, 0.1) is 13.1 Å². The summed E-state index contributed by atoms with van der Waals surface area (Å²) in [7, 11) is 3.74. The molecule has 8 heteroatoms. The van der Waals surface area contributed by atoms with Crippen LogP contribution in [0.3, 0.4) is 0 Å². The van der Waals surface area contributed by atoms with E-state index in [4.69, 9.17) is 4.52 Å². The van der Waals surface area contributed by atoms with E-state index in [1.54, 1.807) is 13.3 Å². The van der Waals surface area contributed by atoms with E-state index in [2.05, 4.69) is 30.2 Å². The van der Waals surface area contributed by atoms with Gasteiger partial charge in [-0.3, -0.25) is 4.99 Å². The summed E-state index contributed by atoms with van der Waals surface area (Å²) in [5.74, 6) is 2.86. The lowest BCUT2D eigenvalue weighted by Crippen LogP contribution is -2.38. The highest BCUT2D eigenvalue weighted by molar-refractivity contribution is 5.79. The SMILES string of the molecule is CN=C(NCc1nnc2n1CCCCC2)N(C)Cc1ccon1. The van der Waals surface area contributed by atoms with E-state index in [9.17, 15) is 0 Å². The molecule has 0 atom stereocenters. The Morgan fingerprint density at radius 1 is 1.39 bits per heavy atom. The zero-order chi connectivity index (χ0) is 16.1. The second-order valence-corrected chi connectivity index (χ2v) is 5.74. The number of aliphatic imine (C=N–C) groups is 1. The highest BCUT2D eigenvalue weighted by Crippen LogP contribution is 2.14. The average Bonchev–Trinajstić information content (AvgIpc) is 3.13. The van der Waals surface area contributed by atoms with Crippen LogP contribution in [-0.4, -0.2) is 44.9 Å². The van der Waals surface area contributed by atoms with Crippen molar-refractivity contribution in [2.45, 2.75) is 45.3 Å². The van der Waals surface area contributed by atoms with Crippen molar-refractivity contribution in [1.29, 1.82) is 0 Å². The molecule has 0 aromatic carbocycles. The highest BCUT2D eigenvalue weighted by atomic mass is 16.5. The molecule has 8 nitrogen and oxygen atoms in total. The first-order chi connectivity index (χ1) is 11.3. The van der Waals surface area contributed by atoms with Crippen LogP contribution < -0.4 is 5.32 Å². The van der Waals surface area contributed by atoms with Crippen molar-refractivity contribution in [3.63, 3.8) is 0 Å². The highest BCUT2D eigenvalue weighted by Gasteiger charge is 2.15. The predicted molar refractivity (Wildman–Crippen MR) is 85.7 cm³/mol. The molecule has 1 N–H and O–H groups in total. The molecule has 3 rings (SSSR count). The maximum atomic E-state index is 4.86. The number of aromatic nitrogens is 4. The molecule has 124 valence electrons. The Labute approximate surface area is 135 Å². The van der Waals surface area contributed by atoms with E-state index in [0.717, 1.165) is 36.3 Å². The number of nitrogens with zero attached hydrogens (tertiary/aromatic N) is 6. The largest absolute Gasteiger partial charge is 0.364 e. The first-order valence-corrected chi connectivity index (χ1v) is 8.00. The maximum absolute atomic E-state index is 4.86. The van der Waals surface area contributed by atoms with E-state index in [0.29, 0.717) is 13.1 Å². The first-order valence-electron chi connectivity index (χ1n) is 8.00. The van der Waals surface area contributed by atoms with Gasteiger partial charge in [0.2, 0.25) is 0 Å². The lowest BCUT2D eigenvalue weighted by atomic mass is 10.2. The average molecular weight is 317 g/mol. The van der Waals surface area contributed by atoms with Gasteiger partial charge in [0, 0.05) is 33.1 Å². The van der Waals surface area contributed by atoms with Crippen molar-refractivity contribution < 1.29 is 4.52 Å². The molecule has 0 unspecified atom stereocenters. The summed E-state index contributed by atoms with van der Waals surface area (Å²) < 4.78 is 7.10. The summed E-state index contributed by atoms with van der Waals surface area (Å²) in [4.78, 5) is 6.31. The topological polar surface area (TPSA) is 84.4 Å². The van der Waals surface area contributed by atoms with E-state index >= 15 is 0 Å². The van der Waals surface area contributed by atoms with Gasteiger partial charge in [0.1, 0.15) is 17.8 Å². The Bertz CT molecular complexity index is 647. The van der Waals surface area contributed by atoms with Gasteiger partial charge in [-0.15, -0.1) is 10.2 Å². The molecule has 0 bridgehead atoms. The minimum Gasteiger partial charge on any atom is -0.364 e. The van der Waals surface area contributed by atoms with Gasteiger partial charge in [0.25, 0.3) is 0 Å². The smallest absolute Gasteiger partial charge is 0.194 e. The van der Waals surface area contributed by atoms with Crippen molar-refractivity contribution >= 4 is 5.96 Å². The predicted octanol–water partition coefficient (Wildman–Crippen LogP) is 1.20. The maximum Gasteiger partial charge on any atom is 0.194 e. The molecule has 0 spiro atoms. The van der Waals surface area contributed by atoms with Crippen LogP contribution >= 0.6 is 0 Å². The van der Waals surface area contributed by atoms with Gasteiger partial charge >= 0.3 is 0 Å². The standard InChI is InChI=1S/C15H23N7O/c1-16-15(21(2)11-12-7-9-23-20-12)17-10-14-19-18-13-6-4-3-5-8-22(13)14/h7,9H,3-6,8,10-11H2,1-2H3,(H,16,17). The van der Waals surface area contributed by atoms with Crippen LogP contribution in [0, 0.1) is 0 Å². The van der Waals surface area contributed by atoms with Crippen molar-refractivity contribution in [2.75, 3.05) is 14.1 Å². The van der Waals surface area contributed by atoms with E-state index < -0.39 is 0 Å². The van der Waals surface area contributed by atoms with Gasteiger partial charge in [-0.1, -0.05) is 11.6 Å². The second-order valence-electron chi connectivity index (χ2n) is 5.74. The summed E-state index contributed by atoms with van der Waals surface area (Å²) in [6, 6.07) is 1.85. The van der Waals surface area contributed by atoms with Crippen molar-refractivity contribution in [2.24, 2.45) is 4.99 Å². The number of nitrogens with one attached hydrogen (secondary N) is 1. The van der Waals surface area contributed by atoms with Crippen LogP contribution in [0.2, 0.25) is 0 Å². The van der Waals surface area contributed by atoms with Crippen LogP contribution in [-0.2, 0) is 26.1 Å². The molecule has 3 heterocycles. The van der Waals surface area contributed by atoms with E-state index in [1.807, 2.05) is 18.0 Å². The van der Waals surface area contributed by atoms with Gasteiger partial charge < -0.3 is 19.3 Å². The van der Waals surface area contributed by atoms with Gasteiger partial charge in [-0.25, -0.2) is 0 Å². The second kappa shape index (κ2) is 7.26. The minimum atomic E-state index is 0.614. The molecule has 1 aliphatic heterocycles. The fraction of sp³-hybridized carbons (Fsp3) is 0.600. The molecule has 0 radical (unpaired) electrons. The number of guanidine groups is 1. The number of fused-ring (bicyclic) bond motifs is 1. The zero-order valence-electron chi connectivity index (χ0n) is 13.7. The molecule has 0 saturated carbocycles. The molecular formula is C15H23N7O. The number of aryl methyl sites for hydroxylation is 1. The Kier molecular flexibility index (Phi) is 4.89. The molecule has 0 saturated heterocycles. The molecular weight excluding hydrogens is 294 g/mol. The summed E-state index contributed by atoms with van der Waals surface area (Å²) in [5.41, 5.74) is 0.867. The monoisotopic (exact) mass is 317 g/mol. The molecule has 23 heavy (non-hydrogen) atoms. The fourth-order valence-corrected chi connectivity index (χ4v) is 2.86. The van der Waals surface area contributed by atoms with Crippen molar-refractivity contribution in [1.82, 2.24) is 30.1 Å².